The normalized spacial score (nSPS) is 15.1. The van der Waals surface area contributed by atoms with Crippen molar-refractivity contribution in [1.29, 1.82) is 0 Å². The first-order valence-electron chi connectivity index (χ1n) is 8.83. The molecule has 26 heavy (non-hydrogen) atoms. The van der Waals surface area contributed by atoms with Gasteiger partial charge in [-0.1, -0.05) is 23.8 Å². The van der Waals surface area contributed by atoms with Crippen LogP contribution in [0.15, 0.2) is 36.4 Å². The number of ketones is 1. The van der Waals surface area contributed by atoms with Crippen molar-refractivity contribution in [3.63, 3.8) is 0 Å². The summed E-state index contributed by atoms with van der Waals surface area (Å²) in [5, 5.41) is 11.2. The molecule has 3 rings (SSSR count). The Morgan fingerprint density at radius 1 is 1.08 bits per heavy atom. The van der Waals surface area contributed by atoms with Crippen molar-refractivity contribution < 1.29 is 14.6 Å². The summed E-state index contributed by atoms with van der Waals surface area (Å²) in [6.07, 6.45) is 0. The SMILES string of the molecule is Cc1ccc(C(=O)c2cc([N+](=O)[O-])ccc2N2CC[NH+](C)CC2)c(C)c1. The third kappa shape index (κ3) is 3.60. The van der Waals surface area contributed by atoms with E-state index >= 15 is 0 Å². The summed E-state index contributed by atoms with van der Waals surface area (Å²) in [6, 6.07) is 10.3. The van der Waals surface area contributed by atoms with Gasteiger partial charge in [-0.15, -0.1) is 0 Å². The first-order valence-corrected chi connectivity index (χ1v) is 8.83. The van der Waals surface area contributed by atoms with Gasteiger partial charge in [-0.3, -0.25) is 14.9 Å². The van der Waals surface area contributed by atoms with Gasteiger partial charge in [0.1, 0.15) is 0 Å². The lowest BCUT2D eigenvalue weighted by molar-refractivity contribution is -0.880. The molecule has 1 N–H and O–H groups in total. The number of rotatable bonds is 4. The maximum absolute atomic E-state index is 13.2. The predicted octanol–water partition coefficient (Wildman–Crippen LogP) is 1.78. The van der Waals surface area contributed by atoms with Crippen LogP contribution >= 0.6 is 0 Å². The molecule has 6 nitrogen and oxygen atoms in total. The molecule has 1 fully saturated rings. The highest BCUT2D eigenvalue weighted by molar-refractivity contribution is 6.13. The molecule has 2 aromatic rings. The number of quaternary nitrogens is 1. The van der Waals surface area contributed by atoms with Gasteiger partial charge >= 0.3 is 0 Å². The van der Waals surface area contributed by atoms with Crippen LogP contribution in [0.1, 0.15) is 27.0 Å². The van der Waals surface area contributed by atoms with Gasteiger partial charge < -0.3 is 9.80 Å². The number of piperazine rings is 1. The Morgan fingerprint density at radius 3 is 2.38 bits per heavy atom. The second kappa shape index (κ2) is 7.25. The first-order chi connectivity index (χ1) is 12.4. The number of benzene rings is 2. The molecule has 0 bridgehead atoms. The molecule has 0 saturated carbocycles. The van der Waals surface area contributed by atoms with Crippen molar-refractivity contribution in [3.05, 3.63) is 68.8 Å². The minimum absolute atomic E-state index is 0.0541. The van der Waals surface area contributed by atoms with Crippen LogP contribution in [-0.4, -0.2) is 43.9 Å². The Morgan fingerprint density at radius 2 is 1.77 bits per heavy atom. The number of non-ortho nitro benzene ring substituents is 1. The van der Waals surface area contributed by atoms with Crippen LogP contribution in [0.5, 0.6) is 0 Å². The number of carbonyl (C=O) groups is 1. The van der Waals surface area contributed by atoms with Gasteiger partial charge in [-0.25, -0.2) is 0 Å². The number of anilines is 1. The average molecular weight is 354 g/mol. The lowest BCUT2D eigenvalue weighted by Gasteiger charge is -2.32. The molecule has 0 radical (unpaired) electrons. The van der Waals surface area contributed by atoms with Crippen molar-refractivity contribution in [2.24, 2.45) is 0 Å². The van der Waals surface area contributed by atoms with Gasteiger partial charge in [0.2, 0.25) is 0 Å². The molecular weight excluding hydrogens is 330 g/mol. The third-order valence-corrected chi connectivity index (χ3v) is 5.02. The highest BCUT2D eigenvalue weighted by Crippen LogP contribution is 2.29. The van der Waals surface area contributed by atoms with Gasteiger partial charge in [0.15, 0.2) is 5.78 Å². The van der Waals surface area contributed by atoms with E-state index in [1.54, 1.807) is 6.07 Å². The second-order valence-electron chi connectivity index (χ2n) is 7.05. The monoisotopic (exact) mass is 354 g/mol. The summed E-state index contributed by atoms with van der Waals surface area (Å²) in [7, 11) is 2.15. The summed E-state index contributed by atoms with van der Waals surface area (Å²) < 4.78 is 0. The average Bonchev–Trinajstić information content (AvgIpc) is 2.61. The summed E-state index contributed by atoms with van der Waals surface area (Å²) in [4.78, 5) is 27.6. The van der Waals surface area contributed by atoms with Gasteiger partial charge in [0, 0.05) is 23.4 Å². The van der Waals surface area contributed by atoms with Crippen LogP contribution in [0.4, 0.5) is 11.4 Å². The quantitative estimate of drug-likeness (QED) is 0.516. The Bertz CT molecular complexity index is 855. The number of likely N-dealkylation sites (N-methyl/N-ethyl adjacent to an activating group) is 1. The summed E-state index contributed by atoms with van der Waals surface area (Å²) >= 11 is 0. The van der Waals surface area contributed by atoms with Crippen molar-refractivity contribution in [1.82, 2.24) is 0 Å². The zero-order chi connectivity index (χ0) is 18.8. The van der Waals surface area contributed by atoms with Crippen LogP contribution in [0, 0.1) is 24.0 Å². The zero-order valence-corrected chi connectivity index (χ0v) is 15.4. The Hall–Kier alpha value is -2.73. The zero-order valence-electron chi connectivity index (χ0n) is 15.4. The molecule has 0 atom stereocenters. The summed E-state index contributed by atoms with van der Waals surface area (Å²) in [5.74, 6) is -0.160. The molecule has 0 spiro atoms. The Labute approximate surface area is 153 Å². The fourth-order valence-corrected chi connectivity index (χ4v) is 3.44. The van der Waals surface area contributed by atoms with Crippen molar-refractivity contribution >= 4 is 17.2 Å². The van der Waals surface area contributed by atoms with E-state index in [-0.39, 0.29) is 11.5 Å². The molecule has 0 aromatic heterocycles. The number of carbonyl (C=O) groups excluding carboxylic acids is 1. The number of aryl methyl sites for hydroxylation is 2. The van der Waals surface area contributed by atoms with Crippen LogP contribution in [-0.2, 0) is 0 Å². The van der Waals surface area contributed by atoms with E-state index in [0.29, 0.717) is 11.1 Å². The number of nitro groups is 1. The van der Waals surface area contributed by atoms with Gasteiger partial charge in [-0.2, -0.15) is 0 Å². The molecule has 6 heteroatoms. The first kappa shape index (κ1) is 18.1. The lowest BCUT2D eigenvalue weighted by Crippen LogP contribution is -3.12. The maximum Gasteiger partial charge on any atom is 0.270 e. The Kier molecular flexibility index (Phi) is 5.04. The van der Waals surface area contributed by atoms with Gasteiger partial charge in [0.25, 0.3) is 5.69 Å². The second-order valence-corrected chi connectivity index (χ2v) is 7.05. The molecule has 1 saturated heterocycles. The van der Waals surface area contributed by atoms with Crippen LogP contribution < -0.4 is 9.80 Å². The van der Waals surface area contributed by atoms with E-state index in [0.717, 1.165) is 43.0 Å². The van der Waals surface area contributed by atoms with Crippen molar-refractivity contribution in [2.75, 3.05) is 38.1 Å². The molecule has 0 unspecified atom stereocenters. The molecule has 1 aliphatic rings. The molecule has 0 amide bonds. The largest absolute Gasteiger partial charge is 0.360 e. The number of nitrogens with zero attached hydrogens (tertiary/aromatic N) is 2. The topological polar surface area (TPSA) is 67.9 Å². The van der Waals surface area contributed by atoms with E-state index in [2.05, 4.69) is 11.9 Å². The molecule has 136 valence electrons. The number of hydrogen-bond donors (Lipinski definition) is 1. The number of hydrogen-bond acceptors (Lipinski definition) is 4. The molecule has 2 aromatic carbocycles. The van der Waals surface area contributed by atoms with Gasteiger partial charge in [0.05, 0.1) is 43.7 Å². The van der Waals surface area contributed by atoms with Gasteiger partial charge in [-0.05, 0) is 25.5 Å². The van der Waals surface area contributed by atoms with Crippen LogP contribution in [0.2, 0.25) is 0 Å². The summed E-state index contributed by atoms with van der Waals surface area (Å²) in [5.41, 5.74) is 3.70. The number of nitro benzene ring substituents is 1. The van der Waals surface area contributed by atoms with Crippen molar-refractivity contribution in [3.8, 4) is 0 Å². The highest BCUT2D eigenvalue weighted by atomic mass is 16.6. The fourth-order valence-electron chi connectivity index (χ4n) is 3.44. The standard InChI is InChI=1S/C20H23N3O3/c1-14-4-6-17(15(2)12-14)20(24)18-13-16(23(25)26)5-7-19(18)22-10-8-21(3)9-11-22/h4-7,12-13H,8-11H2,1-3H3/p+1. The van der Waals surface area contributed by atoms with Crippen LogP contribution in [0.3, 0.4) is 0 Å². The third-order valence-electron chi connectivity index (χ3n) is 5.02. The molecule has 0 aliphatic carbocycles. The maximum atomic E-state index is 13.2. The minimum atomic E-state index is -0.448. The fraction of sp³-hybridized carbons (Fsp3) is 0.350. The smallest absolute Gasteiger partial charge is 0.270 e. The minimum Gasteiger partial charge on any atom is -0.360 e. The molecule has 1 aliphatic heterocycles. The van der Waals surface area contributed by atoms with E-state index in [1.165, 1.54) is 17.0 Å². The van der Waals surface area contributed by atoms with E-state index in [9.17, 15) is 14.9 Å². The molecular formula is C20H24N3O3+. The van der Waals surface area contributed by atoms with E-state index < -0.39 is 4.92 Å². The van der Waals surface area contributed by atoms with Crippen molar-refractivity contribution in [2.45, 2.75) is 13.8 Å². The Balaban J connectivity index is 2.06. The number of nitrogens with one attached hydrogen (secondary N) is 1. The predicted molar refractivity (Wildman–Crippen MR) is 101 cm³/mol. The lowest BCUT2D eigenvalue weighted by atomic mass is 9.95. The highest BCUT2D eigenvalue weighted by Gasteiger charge is 2.25. The van der Waals surface area contributed by atoms with Crippen LogP contribution in [0.25, 0.3) is 0 Å². The summed E-state index contributed by atoms with van der Waals surface area (Å²) in [6.45, 7) is 7.50. The van der Waals surface area contributed by atoms with E-state index in [1.807, 2.05) is 32.0 Å². The molecule has 1 heterocycles. The van der Waals surface area contributed by atoms with E-state index in [4.69, 9.17) is 0 Å².